The van der Waals surface area contributed by atoms with E-state index >= 15 is 0 Å². The summed E-state index contributed by atoms with van der Waals surface area (Å²) in [5.41, 5.74) is 6.27. The maximum atomic E-state index is 11.3. The van der Waals surface area contributed by atoms with E-state index in [1.165, 1.54) is 0 Å². The van der Waals surface area contributed by atoms with E-state index in [0.29, 0.717) is 29.4 Å². The summed E-state index contributed by atoms with van der Waals surface area (Å²) in [6.07, 6.45) is 1.02. The quantitative estimate of drug-likeness (QED) is 0.866. The van der Waals surface area contributed by atoms with Crippen LogP contribution >= 0.6 is 23.2 Å². The van der Waals surface area contributed by atoms with Gasteiger partial charge in [-0.3, -0.25) is 4.79 Å². The summed E-state index contributed by atoms with van der Waals surface area (Å²) < 4.78 is 0. The first kappa shape index (κ1) is 14.3. The van der Waals surface area contributed by atoms with Crippen LogP contribution in [0.1, 0.15) is 18.9 Å². The fraction of sp³-hybridized carbons (Fsp3) is 0.417. The van der Waals surface area contributed by atoms with Crippen molar-refractivity contribution in [2.75, 3.05) is 6.54 Å². The van der Waals surface area contributed by atoms with E-state index in [-0.39, 0.29) is 11.9 Å². The highest BCUT2D eigenvalue weighted by Gasteiger charge is 2.09. The van der Waals surface area contributed by atoms with Crippen LogP contribution in [0.15, 0.2) is 18.2 Å². The van der Waals surface area contributed by atoms with Crippen molar-refractivity contribution in [1.82, 2.24) is 5.32 Å². The molecule has 1 aromatic rings. The smallest absolute Gasteiger partial charge is 0.221 e. The summed E-state index contributed by atoms with van der Waals surface area (Å²) in [7, 11) is 0. The van der Waals surface area contributed by atoms with Crippen molar-refractivity contribution in [3.05, 3.63) is 33.8 Å². The average Bonchev–Trinajstić information content (AvgIpc) is 2.22. The van der Waals surface area contributed by atoms with Crippen LogP contribution in [-0.2, 0) is 11.2 Å². The summed E-state index contributed by atoms with van der Waals surface area (Å²) in [5, 5.41) is 4.09. The lowest BCUT2D eigenvalue weighted by Gasteiger charge is -2.14. The largest absolute Gasteiger partial charge is 0.353 e. The van der Waals surface area contributed by atoms with E-state index in [0.717, 1.165) is 5.56 Å². The van der Waals surface area contributed by atoms with Crippen LogP contribution < -0.4 is 11.1 Å². The number of rotatable bonds is 5. The predicted octanol–water partition coefficient (Wildman–Crippen LogP) is 2.39. The van der Waals surface area contributed by atoms with Crippen molar-refractivity contribution in [2.45, 2.75) is 25.8 Å². The molecule has 0 heterocycles. The maximum absolute atomic E-state index is 11.3. The topological polar surface area (TPSA) is 55.1 Å². The Morgan fingerprint density at radius 2 is 2.18 bits per heavy atom. The van der Waals surface area contributed by atoms with Gasteiger partial charge < -0.3 is 11.1 Å². The molecule has 0 saturated heterocycles. The van der Waals surface area contributed by atoms with Crippen LogP contribution in [0.3, 0.4) is 0 Å². The van der Waals surface area contributed by atoms with E-state index in [1.807, 2.05) is 13.0 Å². The molecule has 0 fully saturated rings. The lowest BCUT2D eigenvalue weighted by molar-refractivity contribution is -0.121. The second-order valence-electron chi connectivity index (χ2n) is 3.95. The zero-order valence-corrected chi connectivity index (χ0v) is 11.2. The minimum Gasteiger partial charge on any atom is -0.353 e. The number of nitrogens with two attached hydrogens (primary N) is 1. The van der Waals surface area contributed by atoms with Crippen LogP contribution in [0.2, 0.25) is 10.0 Å². The van der Waals surface area contributed by atoms with Crippen LogP contribution in [0.25, 0.3) is 0 Å². The lowest BCUT2D eigenvalue weighted by atomic mass is 10.1. The maximum Gasteiger partial charge on any atom is 0.221 e. The zero-order chi connectivity index (χ0) is 12.8. The molecule has 0 aliphatic carbocycles. The fourth-order valence-corrected chi connectivity index (χ4v) is 2.03. The van der Waals surface area contributed by atoms with Crippen LogP contribution in [-0.4, -0.2) is 18.5 Å². The Morgan fingerprint density at radius 3 is 2.76 bits per heavy atom. The first-order valence-corrected chi connectivity index (χ1v) is 6.22. The molecule has 17 heavy (non-hydrogen) atoms. The lowest BCUT2D eigenvalue weighted by Crippen LogP contribution is -2.35. The summed E-state index contributed by atoms with van der Waals surface area (Å²) in [6, 6.07) is 5.38. The third-order valence-electron chi connectivity index (χ3n) is 2.32. The highest BCUT2D eigenvalue weighted by atomic mass is 35.5. The molecule has 0 radical (unpaired) electrons. The van der Waals surface area contributed by atoms with Gasteiger partial charge >= 0.3 is 0 Å². The first-order valence-electron chi connectivity index (χ1n) is 5.46. The molecule has 94 valence electrons. The highest BCUT2D eigenvalue weighted by molar-refractivity contribution is 6.35. The summed E-state index contributed by atoms with van der Waals surface area (Å²) >= 11 is 11.9. The Hall–Kier alpha value is -0.770. The van der Waals surface area contributed by atoms with E-state index < -0.39 is 0 Å². The van der Waals surface area contributed by atoms with Gasteiger partial charge in [-0.05, 0) is 31.0 Å². The van der Waals surface area contributed by atoms with Crippen molar-refractivity contribution < 1.29 is 4.79 Å². The Kier molecular flexibility index (Phi) is 5.75. The molecule has 0 spiro atoms. The molecule has 3 N–H and O–H groups in total. The monoisotopic (exact) mass is 274 g/mol. The van der Waals surface area contributed by atoms with Crippen molar-refractivity contribution in [3.63, 3.8) is 0 Å². The van der Waals surface area contributed by atoms with Gasteiger partial charge in [0, 0.05) is 29.1 Å². The molecular formula is C12H16Cl2N2O. The van der Waals surface area contributed by atoms with E-state index in [4.69, 9.17) is 28.9 Å². The fourth-order valence-electron chi connectivity index (χ4n) is 1.55. The van der Waals surface area contributed by atoms with Crippen molar-refractivity contribution in [2.24, 2.45) is 5.73 Å². The van der Waals surface area contributed by atoms with Gasteiger partial charge in [-0.1, -0.05) is 29.3 Å². The second kappa shape index (κ2) is 6.84. The van der Waals surface area contributed by atoms with Gasteiger partial charge in [0.05, 0.1) is 0 Å². The molecule has 0 aromatic heterocycles. The van der Waals surface area contributed by atoms with E-state index in [9.17, 15) is 4.79 Å². The minimum atomic E-state index is -0.0370. The molecule has 1 unspecified atom stereocenters. The SMILES string of the molecule is CC(Cc1ccc(Cl)cc1Cl)NC(=O)CCN. The number of nitrogens with one attached hydrogen (secondary N) is 1. The molecule has 5 heteroatoms. The highest BCUT2D eigenvalue weighted by Crippen LogP contribution is 2.22. The molecule has 0 aliphatic rings. The van der Waals surface area contributed by atoms with Crippen LogP contribution in [0.4, 0.5) is 0 Å². The number of carbonyl (C=O) groups excluding carboxylic acids is 1. The van der Waals surface area contributed by atoms with Crippen molar-refractivity contribution in [1.29, 1.82) is 0 Å². The van der Waals surface area contributed by atoms with Crippen molar-refractivity contribution in [3.8, 4) is 0 Å². The summed E-state index contributed by atoms with van der Waals surface area (Å²) in [5.74, 6) is -0.0370. The minimum absolute atomic E-state index is 0.0210. The number of halogens is 2. The molecule has 1 aromatic carbocycles. The van der Waals surface area contributed by atoms with Gasteiger partial charge in [-0.15, -0.1) is 0 Å². The van der Waals surface area contributed by atoms with E-state index in [2.05, 4.69) is 5.32 Å². The Balaban J connectivity index is 2.55. The van der Waals surface area contributed by atoms with Crippen LogP contribution in [0, 0.1) is 0 Å². The van der Waals surface area contributed by atoms with Gasteiger partial charge in [-0.2, -0.15) is 0 Å². The normalized spacial score (nSPS) is 12.2. The Labute approximate surface area is 111 Å². The third-order valence-corrected chi connectivity index (χ3v) is 2.91. The average molecular weight is 275 g/mol. The summed E-state index contributed by atoms with van der Waals surface area (Å²) in [4.78, 5) is 11.3. The molecule has 3 nitrogen and oxygen atoms in total. The molecule has 1 rings (SSSR count). The standard InChI is InChI=1S/C12H16Cl2N2O/c1-8(16-12(17)4-5-15)6-9-2-3-10(13)7-11(9)14/h2-3,7-8H,4-6,15H2,1H3,(H,16,17). The number of benzene rings is 1. The zero-order valence-electron chi connectivity index (χ0n) is 9.67. The first-order chi connectivity index (χ1) is 8.02. The second-order valence-corrected chi connectivity index (χ2v) is 4.79. The van der Waals surface area contributed by atoms with Gasteiger partial charge in [-0.25, -0.2) is 0 Å². The number of amides is 1. The van der Waals surface area contributed by atoms with Gasteiger partial charge in [0.25, 0.3) is 0 Å². The van der Waals surface area contributed by atoms with Gasteiger partial charge in [0.2, 0.25) is 5.91 Å². The predicted molar refractivity (Wildman–Crippen MR) is 71.4 cm³/mol. The Bertz CT molecular complexity index is 396. The molecular weight excluding hydrogens is 259 g/mol. The molecule has 0 aliphatic heterocycles. The van der Waals surface area contributed by atoms with Crippen molar-refractivity contribution >= 4 is 29.1 Å². The molecule has 0 bridgehead atoms. The van der Waals surface area contributed by atoms with Crippen LogP contribution in [0.5, 0.6) is 0 Å². The Morgan fingerprint density at radius 1 is 1.47 bits per heavy atom. The molecule has 1 amide bonds. The van der Waals surface area contributed by atoms with Gasteiger partial charge in [0.1, 0.15) is 0 Å². The van der Waals surface area contributed by atoms with E-state index in [1.54, 1.807) is 12.1 Å². The molecule has 1 atom stereocenters. The molecule has 0 saturated carbocycles. The number of hydrogen-bond donors (Lipinski definition) is 2. The third kappa shape index (κ3) is 4.94. The summed E-state index contributed by atoms with van der Waals surface area (Å²) in [6.45, 7) is 2.29. The number of hydrogen-bond acceptors (Lipinski definition) is 2. The number of carbonyl (C=O) groups is 1. The van der Waals surface area contributed by atoms with Gasteiger partial charge in [0.15, 0.2) is 0 Å².